The predicted octanol–water partition coefficient (Wildman–Crippen LogP) is 3.62. The second kappa shape index (κ2) is 6.18. The number of nitrogens with zero attached hydrogens (tertiary/aromatic N) is 3. The summed E-state index contributed by atoms with van der Waals surface area (Å²) in [6, 6.07) is 7.64. The fourth-order valence-corrected chi connectivity index (χ4v) is 2.37. The molecule has 0 saturated heterocycles. The molecule has 5 nitrogen and oxygen atoms in total. The molecule has 0 fully saturated rings. The Morgan fingerprint density at radius 1 is 1.35 bits per heavy atom. The molecule has 0 aliphatic heterocycles. The summed E-state index contributed by atoms with van der Waals surface area (Å²) in [6.45, 7) is 1.77. The zero-order chi connectivity index (χ0) is 16.4. The highest BCUT2D eigenvalue weighted by Crippen LogP contribution is 2.20. The molecule has 7 heteroatoms. The molecule has 0 spiro atoms. The van der Waals surface area contributed by atoms with Gasteiger partial charge in [-0.1, -0.05) is 11.6 Å². The van der Waals surface area contributed by atoms with Gasteiger partial charge in [0.05, 0.1) is 10.6 Å². The summed E-state index contributed by atoms with van der Waals surface area (Å²) >= 11 is 6.03. The minimum Gasteiger partial charge on any atom is -0.322 e. The van der Waals surface area contributed by atoms with Crippen LogP contribution in [0.5, 0.6) is 0 Å². The molecule has 1 amide bonds. The lowest BCUT2D eigenvalue weighted by atomic mass is 10.2. The Balaban J connectivity index is 1.83. The Labute approximate surface area is 136 Å². The standard InChI is InChI=1S/C16H12ClFN4O/c1-10-7-13(17)12(9-19-10)16(23)21-11-3-4-15(14(18)8-11)22-6-2-5-20-22/h2-9H,1H3,(H,21,23). The van der Waals surface area contributed by atoms with Crippen molar-refractivity contribution in [3.05, 3.63) is 71.0 Å². The van der Waals surface area contributed by atoms with Crippen molar-refractivity contribution in [1.29, 1.82) is 0 Å². The maximum atomic E-state index is 14.1. The molecule has 2 aromatic heterocycles. The molecule has 0 saturated carbocycles. The number of amides is 1. The molecule has 0 aliphatic carbocycles. The molecule has 3 rings (SSSR count). The number of anilines is 1. The molecule has 0 atom stereocenters. The van der Waals surface area contributed by atoms with Crippen LogP contribution in [0.4, 0.5) is 10.1 Å². The summed E-state index contributed by atoms with van der Waals surface area (Å²) in [7, 11) is 0. The Kier molecular flexibility index (Phi) is 4.08. The fourth-order valence-electron chi connectivity index (χ4n) is 2.07. The van der Waals surface area contributed by atoms with Crippen molar-refractivity contribution < 1.29 is 9.18 Å². The summed E-state index contributed by atoms with van der Waals surface area (Å²) in [5.41, 5.74) is 1.55. The van der Waals surface area contributed by atoms with E-state index in [0.29, 0.717) is 22.1 Å². The number of hydrogen-bond donors (Lipinski definition) is 1. The minimum absolute atomic E-state index is 0.230. The molecule has 23 heavy (non-hydrogen) atoms. The maximum Gasteiger partial charge on any atom is 0.258 e. The van der Waals surface area contributed by atoms with Gasteiger partial charge in [0.15, 0.2) is 5.82 Å². The van der Waals surface area contributed by atoms with Crippen LogP contribution in [0.15, 0.2) is 48.9 Å². The van der Waals surface area contributed by atoms with Gasteiger partial charge >= 0.3 is 0 Å². The van der Waals surface area contributed by atoms with Gasteiger partial charge in [0.2, 0.25) is 0 Å². The van der Waals surface area contributed by atoms with E-state index in [0.717, 1.165) is 0 Å². The molecule has 0 radical (unpaired) electrons. The average molecular weight is 331 g/mol. The number of pyridine rings is 1. The van der Waals surface area contributed by atoms with Crippen molar-refractivity contribution in [3.8, 4) is 5.69 Å². The molecule has 0 unspecified atom stereocenters. The SMILES string of the molecule is Cc1cc(Cl)c(C(=O)Nc2ccc(-n3cccn3)c(F)c2)cn1. The second-order valence-corrected chi connectivity index (χ2v) is 5.28. The number of hydrogen-bond acceptors (Lipinski definition) is 3. The van der Waals surface area contributed by atoms with E-state index in [9.17, 15) is 9.18 Å². The Hall–Kier alpha value is -2.73. The summed E-state index contributed by atoms with van der Waals surface area (Å²) < 4.78 is 15.6. The van der Waals surface area contributed by atoms with Crippen LogP contribution in [0.2, 0.25) is 5.02 Å². The number of carbonyl (C=O) groups is 1. The van der Waals surface area contributed by atoms with Crippen LogP contribution in [-0.4, -0.2) is 20.7 Å². The van der Waals surface area contributed by atoms with Crippen LogP contribution in [0, 0.1) is 12.7 Å². The highest BCUT2D eigenvalue weighted by molar-refractivity contribution is 6.34. The van der Waals surface area contributed by atoms with Crippen molar-refractivity contribution in [2.24, 2.45) is 0 Å². The number of nitrogens with one attached hydrogen (secondary N) is 1. The summed E-state index contributed by atoms with van der Waals surface area (Å²) in [6.07, 6.45) is 4.58. The van der Waals surface area contributed by atoms with Gasteiger partial charge < -0.3 is 5.32 Å². The summed E-state index contributed by atoms with van der Waals surface area (Å²) in [5.74, 6) is -0.951. The van der Waals surface area contributed by atoms with Gasteiger partial charge in [0.1, 0.15) is 5.69 Å². The molecule has 1 aromatic carbocycles. The van der Waals surface area contributed by atoms with E-state index in [1.54, 1.807) is 37.5 Å². The second-order valence-electron chi connectivity index (χ2n) is 4.88. The number of halogens is 2. The third-order valence-electron chi connectivity index (χ3n) is 3.19. The first-order valence-corrected chi connectivity index (χ1v) is 7.15. The van der Waals surface area contributed by atoms with E-state index in [4.69, 9.17) is 11.6 Å². The highest BCUT2D eigenvalue weighted by atomic mass is 35.5. The van der Waals surface area contributed by atoms with Gasteiger partial charge in [0.25, 0.3) is 5.91 Å². The Bertz CT molecular complexity index is 865. The van der Waals surface area contributed by atoms with E-state index in [-0.39, 0.29) is 5.56 Å². The van der Waals surface area contributed by atoms with Gasteiger partial charge in [-0.15, -0.1) is 0 Å². The first-order chi connectivity index (χ1) is 11.0. The van der Waals surface area contributed by atoms with Gasteiger partial charge in [-0.05, 0) is 37.3 Å². The van der Waals surface area contributed by atoms with Gasteiger partial charge in [-0.2, -0.15) is 5.10 Å². The lowest BCUT2D eigenvalue weighted by Gasteiger charge is -2.09. The van der Waals surface area contributed by atoms with Crippen molar-refractivity contribution in [2.75, 3.05) is 5.32 Å². The van der Waals surface area contributed by atoms with Crippen LogP contribution in [0.3, 0.4) is 0 Å². The van der Waals surface area contributed by atoms with Crippen LogP contribution >= 0.6 is 11.6 Å². The zero-order valence-corrected chi connectivity index (χ0v) is 12.9. The van der Waals surface area contributed by atoms with Crippen LogP contribution in [-0.2, 0) is 0 Å². The minimum atomic E-state index is -0.500. The Morgan fingerprint density at radius 3 is 2.83 bits per heavy atom. The van der Waals surface area contributed by atoms with Crippen LogP contribution < -0.4 is 5.32 Å². The molecular formula is C16H12ClFN4O. The molecule has 0 bridgehead atoms. The number of aryl methyl sites for hydroxylation is 1. The molecule has 1 N–H and O–H groups in total. The van der Waals surface area contributed by atoms with Crippen molar-refractivity contribution >= 4 is 23.2 Å². The van der Waals surface area contributed by atoms with Crippen molar-refractivity contribution in [2.45, 2.75) is 6.92 Å². The molecule has 116 valence electrons. The first kappa shape index (κ1) is 15.2. The lowest BCUT2D eigenvalue weighted by molar-refractivity contribution is 0.102. The Morgan fingerprint density at radius 2 is 2.17 bits per heavy atom. The smallest absolute Gasteiger partial charge is 0.258 e. The lowest BCUT2D eigenvalue weighted by Crippen LogP contribution is -2.13. The molecule has 3 aromatic rings. The normalized spacial score (nSPS) is 10.6. The average Bonchev–Trinajstić information content (AvgIpc) is 3.01. The molecular weight excluding hydrogens is 319 g/mol. The number of rotatable bonds is 3. The zero-order valence-electron chi connectivity index (χ0n) is 12.1. The summed E-state index contributed by atoms with van der Waals surface area (Å²) in [5, 5.41) is 6.86. The van der Waals surface area contributed by atoms with Crippen LogP contribution in [0.25, 0.3) is 5.69 Å². The van der Waals surface area contributed by atoms with Crippen LogP contribution in [0.1, 0.15) is 16.1 Å². The van der Waals surface area contributed by atoms with Crippen molar-refractivity contribution in [1.82, 2.24) is 14.8 Å². The van der Waals surface area contributed by atoms with E-state index < -0.39 is 11.7 Å². The van der Waals surface area contributed by atoms with E-state index in [1.165, 1.54) is 23.0 Å². The number of aromatic nitrogens is 3. The fraction of sp³-hybridized carbons (Fsp3) is 0.0625. The number of benzene rings is 1. The van der Waals surface area contributed by atoms with Gasteiger partial charge in [0, 0.05) is 30.0 Å². The highest BCUT2D eigenvalue weighted by Gasteiger charge is 2.13. The van der Waals surface area contributed by atoms with E-state index in [2.05, 4.69) is 15.4 Å². The topological polar surface area (TPSA) is 59.8 Å². The quantitative estimate of drug-likeness (QED) is 0.798. The monoisotopic (exact) mass is 330 g/mol. The predicted molar refractivity (Wildman–Crippen MR) is 85.5 cm³/mol. The van der Waals surface area contributed by atoms with Gasteiger partial charge in [-0.3, -0.25) is 9.78 Å². The largest absolute Gasteiger partial charge is 0.322 e. The molecule has 2 heterocycles. The third-order valence-corrected chi connectivity index (χ3v) is 3.50. The van der Waals surface area contributed by atoms with E-state index in [1.807, 2.05) is 0 Å². The van der Waals surface area contributed by atoms with E-state index >= 15 is 0 Å². The third kappa shape index (κ3) is 3.22. The first-order valence-electron chi connectivity index (χ1n) is 6.77. The van der Waals surface area contributed by atoms with Crippen molar-refractivity contribution in [3.63, 3.8) is 0 Å². The summed E-state index contributed by atoms with van der Waals surface area (Å²) in [4.78, 5) is 16.2. The van der Waals surface area contributed by atoms with Gasteiger partial charge in [-0.25, -0.2) is 9.07 Å². The maximum absolute atomic E-state index is 14.1. The number of carbonyl (C=O) groups excluding carboxylic acids is 1. The molecule has 0 aliphatic rings.